The van der Waals surface area contributed by atoms with E-state index in [-0.39, 0.29) is 0 Å². The van der Waals surface area contributed by atoms with Gasteiger partial charge in [-0.1, -0.05) is 6.92 Å². The number of aliphatic hydroxyl groups is 1. The molecule has 1 unspecified atom stereocenters. The first-order valence-corrected chi connectivity index (χ1v) is 8.06. The second-order valence-corrected chi connectivity index (χ2v) is 6.03. The zero-order valence-electron chi connectivity index (χ0n) is 13.2. The van der Waals surface area contributed by atoms with Crippen molar-refractivity contribution < 1.29 is 9.84 Å². The first-order valence-electron chi connectivity index (χ1n) is 8.06. The molecule has 120 valence electrons. The quantitative estimate of drug-likeness (QED) is 0.757. The maximum absolute atomic E-state index is 9.96. The van der Waals surface area contributed by atoms with Crippen LogP contribution in [0.4, 0.5) is 0 Å². The highest BCUT2D eigenvalue weighted by Crippen LogP contribution is 2.25. The predicted octanol–water partition coefficient (Wildman–Crippen LogP) is 1.34. The van der Waals surface area contributed by atoms with Gasteiger partial charge in [0.25, 0.3) is 0 Å². The van der Waals surface area contributed by atoms with Gasteiger partial charge in [0.15, 0.2) is 0 Å². The van der Waals surface area contributed by atoms with Crippen LogP contribution >= 0.6 is 0 Å². The Balaban J connectivity index is 1.58. The molecule has 1 fully saturated rings. The van der Waals surface area contributed by atoms with Crippen molar-refractivity contribution in [1.29, 1.82) is 0 Å². The normalized spacial score (nSPS) is 24.1. The summed E-state index contributed by atoms with van der Waals surface area (Å²) in [5.41, 5.74) is 0. The second kappa shape index (κ2) is 8.46. The number of rotatable bonds is 8. The third kappa shape index (κ3) is 5.37. The lowest BCUT2D eigenvalue weighted by atomic mass is 9.89. The van der Waals surface area contributed by atoms with Gasteiger partial charge in [0.2, 0.25) is 0 Å². The maximum atomic E-state index is 9.96. The van der Waals surface area contributed by atoms with E-state index >= 15 is 0 Å². The van der Waals surface area contributed by atoms with Gasteiger partial charge < -0.3 is 19.7 Å². The summed E-state index contributed by atoms with van der Waals surface area (Å²) in [6, 6.07) is 0. The summed E-state index contributed by atoms with van der Waals surface area (Å²) in [4.78, 5) is 0. The minimum absolute atomic E-state index is 0.332. The second-order valence-electron chi connectivity index (χ2n) is 6.03. The molecule has 1 aromatic rings. The monoisotopic (exact) mass is 296 g/mol. The van der Waals surface area contributed by atoms with Gasteiger partial charge in [0.1, 0.15) is 12.2 Å². The Labute approximate surface area is 126 Å². The lowest BCUT2D eigenvalue weighted by Gasteiger charge is -2.27. The van der Waals surface area contributed by atoms with E-state index < -0.39 is 6.10 Å². The molecule has 0 amide bonds. The molecule has 1 heterocycles. The Morgan fingerprint density at radius 3 is 2.90 bits per heavy atom. The number of ether oxygens (including phenoxy) is 1. The Bertz CT molecular complexity index is 402. The van der Waals surface area contributed by atoms with Gasteiger partial charge >= 0.3 is 0 Å². The fourth-order valence-electron chi connectivity index (χ4n) is 2.73. The molecule has 1 aromatic heterocycles. The number of aliphatic hydroxyl groups excluding tert-OH is 1. The molecule has 0 aromatic carbocycles. The van der Waals surface area contributed by atoms with Crippen molar-refractivity contribution in [2.45, 2.75) is 64.8 Å². The largest absolute Gasteiger partial charge is 0.389 e. The highest BCUT2D eigenvalue weighted by Gasteiger charge is 2.19. The fourth-order valence-corrected chi connectivity index (χ4v) is 2.73. The van der Waals surface area contributed by atoms with E-state index in [2.05, 4.69) is 29.4 Å². The van der Waals surface area contributed by atoms with Crippen LogP contribution in [0.3, 0.4) is 0 Å². The topological polar surface area (TPSA) is 72.2 Å². The molecule has 2 rings (SSSR count). The lowest BCUT2D eigenvalue weighted by Crippen LogP contribution is -2.33. The van der Waals surface area contributed by atoms with Crippen molar-refractivity contribution in [3.05, 3.63) is 12.2 Å². The van der Waals surface area contributed by atoms with Crippen LogP contribution in [0.2, 0.25) is 0 Å². The van der Waals surface area contributed by atoms with Gasteiger partial charge in [-0.05, 0) is 38.5 Å². The van der Waals surface area contributed by atoms with Crippen molar-refractivity contribution >= 4 is 0 Å². The number of aryl methyl sites for hydroxylation is 1. The van der Waals surface area contributed by atoms with Crippen LogP contribution in [0.1, 0.15) is 45.4 Å². The minimum atomic E-state index is -0.470. The molecule has 1 saturated carbocycles. The first kappa shape index (κ1) is 16.4. The van der Waals surface area contributed by atoms with E-state index in [1.807, 2.05) is 4.57 Å². The van der Waals surface area contributed by atoms with E-state index in [4.69, 9.17) is 4.74 Å². The van der Waals surface area contributed by atoms with Crippen molar-refractivity contribution in [3.8, 4) is 0 Å². The Hall–Kier alpha value is -0.980. The van der Waals surface area contributed by atoms with E-state index in [0.717, 1.165) is 31.1 Å². The maximum Gasteiger partial charge on any atom is 0.146 e. The standard InChI is InChI=1S/C15H28N4O2/c1-3-19-11-17-18-15(19)9-16-8-13(20)10-21-14-6-4-12(2)5-7-14/h11-14,16,20H,3-10H2,1-2H3. The van der Waals surface area contributed by atoms with Crippen molar-refractivity contribution in [1.82, 2.24) is 20.1 Å². The molecule has 0 radical (unpaired) electrons. The van der Waals surface area contributed by atoms with E-state index in [1.165, 1.54) is 12.8 Å². The molecule has 0 aliphatic heterocycles. The van der Waals surface area contributed by atoms with E-state index in [9.17, 15) is 5.11 Å². The van der Waals surface area contributed by atoms with Gasteiger partial charge in [-0.25, -0.2) is 0 Å². The molecule has 0 bridgehead atoms. The summed E-state index contributed by atoms with van der Waals surface area (Å²) >= 11 is 0. The molecule has 1 aliphatic carbocycles. The number of aromatic nitrogens is 3. The Kier molecular flexibility index (Phi) is 6.60. The molecule has 0 spiro atoms. The molecular formula is C15H28N4O2. The Morgan fingerprint density at radius 1 is 1.43 bits per heavy atom. The van der Waals surface area contributed by atoms with Gasteiger partial charge in [-0.15, -0.1) is 10.2 Å². The zero-order valence-corrected chi connectivity index (χ0v) is 13.2. The highest BCUT2D eigenvalue weighted by atomic mass is 16.5. The van der Waals surface area contributed by atoms with Crippen LogP contribution in [0.5, 0.6) is 0 Å². The molecule has 1 aliphatic rings. The predicted molar refractivity (Wildman–Crippen MR) is 80.8 cm³/mol. The lowest BCUT2D eigenvalue weighted by molar-refractivity contribution is -0.0279. The molecule has 6 heteroatoms. The van der Waals surface area contributed by atoms with Gasteiger partial charge in [0, 0.05) is 13.1 Å². The average Bonchev–Trinajstić information content (AvgIpc) is 2.94. The number of nitrogens with one attached hydrogen (secondary N) is 1. The smallest absolute Gasteiger partial charge is 0.146 e. The van der Waals surface area contributed by atoms with Crippen LogP contribution in [0, 0.1) is 5.92 Å². The summed E-state index contributed by atoms with van der Waals surface area (Å²) in [6.07, 6.45) is 6.32. The third-order valence-corrected chi connectivity index (χ3v) is 4.19. The van der Waals surface area contributed by atoms with Gasteiger partial charge in [-0.3, -0.25) is 0 Å². The van der Waals surface area contributed by atoms with Crippen LogP contribution < -0.4 is 5.32 Å². The van der Waals surface area contributed by atoms with E-state index in [0.29, 0.717) is 25.8 Å². The fraction of sp³-hybridized carbons (Fsp3) is 0.867. The number of hydrogen-bond acceptors (Lipinski definition) is 5. The average molecular weight is 296 g/mol. The molecule has 0 saturated heterocycles. The molecule has 6 nitrogen and oxygen atoms in total. The molecule has 21 heavy (non-hydrogen) atoms. The summed E-state index contributed by atoms with van der Waals surface area (Å²) in [5, 5.41) is 21.1. The Morgan fingerprint density at radius 2 is 2.19 bits per heavy atom. The summed E-state index contributed by atoms with van der Waals surface area (Å²) in [6.45, 7) is 6.75. The van der Waals surface area contributed by atoms with Crippen LogP contribution in [-0.2, 0) is 17.8 Å². The molecule has 1 atom stereocenters. The van der Waals surface area contributed by atoms with Crippen LogP contribution in [-0.4, -0.2) is 45.2 Å². The van der Waals surface area contributed by atoms with Crippen LogP contribution in [0.25, 0.3) is 0 Å². The van der Waals surface area contributed by atoms with Crippen molar-refractivity contribution in [2.75, 3.05) is 13.2 Å². The number of nitrogens with zero attached hydrogens (tertiary/aromatic N) is 3. The summed E-state index contributed by atoms with van der Waals surface area (Å²) in [7, 11) is 0. The van der Waals surface area contributed by atoms with Crippen molar-refractivity contribution in [2.24, 2.45) is 5.92 Å². The third-order valence-electron chi connectivity index (χ3n) is 4.19. The number of hydrogen-bond donors (Lipinski definition) is 2. The molecule has 2 N–H and O–H groups in total. The van der Waals surface area contributed by atoms with Crippen LogP contribution in [0.15, 0.2) is 6.33 Å². The summed E-state index contributed by atoms with van der Waals surface area (Å²) < 4.78 is 7.79. The van der Waals surface area contributed by atoms with Crippen molar-refractivity contribution in [3.63, 3.8) is 0 Å². The minimum Gasteiger partial charge on any atom is -0.389 e. The highest BCUT2D eigenvalue weighted by molar-refractivity contribution is 4.84. The SMILES string of the molecule is CCn1cnnc1CNCC(O)COC1CCC(C)CC1. The summed E-state index contributed by atoms with van der Waals surface area (Å²) in [5.74, 6) is 1.72. The zero-order chi connectivity index (χ0) is 15.1. The van der Waals surface area contributed by atoms with Gasteiger partial charge in [-0.2, -0.15) is 0 Å². The molecular weight excluding hydrogens is 268 g/mol. The van der Waals surface area contributed by atoms with E-state index in [1.54, 1.807) is 6.33 Å². The first-order chi connectivity index (χ1) is 10.2. The van der Waals surface area contributed by atoms with Gasteiger partial charge in [0.05, 0.1) is 25.4 Å².